The highest BCUT2D eigenvalue weighted by atomic mass is 16.5. The Hall–Kier alpha value is -1.36. The van der Waals surface area contributed by atoms with Crippen LogP contribution in [0.15, 0.2) is 12.3 Å². The van der Waals surface area contributed by atoms with E-state index in [2.05, 4.69) is 15.3 Å². The predicted molar refractivity (Wildman–Crippen MR) is 62.8 cm³/mol. The molecule has 0 saturated carbocycles. The van der Waals surface area contributed by atoms with E-state index >= 15 is 0 Å². The second kappa shape index (κ2) is 7.87. The van der Waals surface area contributed by atoms with Gasteiger partial charge in [0.1, 0.15) is 0 Å². The molecule has 0 aromatic carbocycles. The van der Waals surface area contributed by atoms with Gasteiger partial charge in [-0.3, -0.25) is 0 Å². The molecule has 0 bridgehead atoms. The molecule has 0 radical (unpaired) electrons. The summed E-state index contributed by atoms with van der Waals surface area (Å²) in [5, 5.41) is 3.14. The largest absolute Gasteiger partial charge is 0.478 e. The van der Waals surface area contributed by atoms with E-state index in [4.69, 9.17) is 9.47 Å². The molecule has 1 heterocycles. The molecule has 0 amide bonds. The van der Waals surface area contributed by atoms with Crippen LogP contribution in [0.4, 0.5) is 5.95 Å². The summed E-state index contributed by atoms with van der Waals surface area (Å²) in [6, 6.07) is 1.75. The average molecular weight is 225 g/mol. The minimum atomic E-state index is 0.608. The lowest BCUT2D eigenvalue weighted by atomic mass is 10.3. The second-order valence-electron chi connectivity index (χ2n) is 3.28. The summed E-state index contributed by atoms with van der Waals surface area (Å²) in [6.45, 7) is 4.19. The molecule has 0 aliphatic carbocycles. The molecule has 0 spiro atoms. The number of anilines is 1. The van der Waals surface area contributed by atoms with Crippen LogP contribution in [0, 0.1) is 0 Å². The lowest BCUT2D eigenvalue weighted by Gasteiger charge is -2.06. The maximum atomic E-state index is 5.28. The minimum absolute atomic E-state index is 0.608. The number of nitrogens with zero attached hydrogens (tertiary/aromatic N) is 2. The van der Waals surface area contributed by atoms with Crippen molar-refractivity contribution in [2.45, 2.75) is 19.8 Å². The molecule has 5 nitrogen and oxygen atoms in total. The van der Waals surface area contributed by atoms with E-state index in [0.717, 1.165) is 26.0 Å². The van der Waals surface area contributed by atoms with Crippen LogP contribution in [-0.2, 0) is 4.74 Å². The van der Waals surface area contributed by atoms with Crippen LogP contribution in [0.1, 0.15) is 19.8 Å². The highest BCUT2D eigenvalue weighted by Gasteiger charge is 1.98. The molecule has 1 aromatic heterocycles. The normalized spacial score (nSPS) is 10.1. The van der Waals surface area contributed by atoms with Crippen LogP contribution in [0.5, 0.6) is 5.88 Å². The monoisotopic (exact) mass is 225 g/mol. The van der Waals surface area contributed by atoms with Gasteiger partial charge in [-0.05, 0) is 19.8 Å². The molecular formula is C11H19N3O2. The number of hydrogen-bond acceptors (Lipinski definition) is 5. The minimum Gasteiger partial charge on any atom is -0.478 e. The zero-order chi connectivity index (χ0) is 11.6. The van der Waals surface area contributed by atoms with Crippen molar-refractivity contribution >= 4 is 5.95 Å². The van der Waals surface area contributed by atoms with Gasteiger partial charge in [0.15, 0.2) is 0 Å². The smallest absolute Gasteiger partial charge is 0.225 e. The van der Waals surface area contributed by atoms with Gasteiger partial charge in [-0.15, -0.1) is 0 Å². The first-order valence-electron chi connectivity index (χ1n) is 5.55. The zero-order valence-electron chi connectivity index (χ0n) is 9.90. The summed E-state index contributed by atoms with van der Waals surface area (Å²) in [5.41, 5.74) is 0. The molecule has 0 fully saturated rings. The lowest BCUT2D eigenvalue weighted by Crippen LogP contribution is -2.07. The third-order valence-electron chi connectivity index (χ3n) is 1.98. The fourth-order valence-electron chi connectivity index (χ4n) is 1.23. The summed E-state index contributed by atoms with van der Waals surface area (Å²) in [7, 11) is 1.71. The highest BCUT2D eigenvalue weighted by molar-refractivity contribution is 5.27. The molecule has 1 N–H and O–H groups in total. The van der Waals surface area contributed by atoms with E-state index in [1.807, 2.05) is 6.92 Å². The third kappa shape index (κ3) is 4.93. The van der Waals surface area contributed by atoms with Crippen molar-refractivity contribution in [3.63, 3.8) is 0 Å². The van der Waals surface area contributed by atoms with Crippen molar-refractivity contribution in [1.82, 2.24) is 9.97 Å². The Morgan fingerprint density at radius 3 is 3.00 bits per heavy atom. The van der Waals surface area contributed by atoms with Crippen LogP contribution in [-0.4, -0.2) is 36.8 Å². The lowest BCUT2D eigenvalue weighted by molar-refractivity contribution is 0.193. The second-order valence-corrected chi connectivity index (χ2v) is 3.28. The molecular weight excluding hydrogens is 206 g/mol. The van der Waals surface area contributed by atoms with Gasteiger partial charge in [0.2, 0.25) is 11.8 Å². The van der Waals surface area contributed by atoms with E-state index in [0.29, 0.717) is 18.4 Å². The van der Waals surface area contributed by atoms with Gasteiger partial charge in [-0.25, -0.2) is 4.98 Å². The van der Waals surface area contributed by atoms with Crippen molar-refractivity contribution in [3.05, 3.63) is 12.3 Å². The van der Waals surface area contributed by atoms with Crippen LogP contribution < -0.4 is 10.1 Å². The standard InChI is InChI=1S/C11H19N3O2/c1-3-16-10-6-8-13-11(14-10)12-7-4-5-9-15-2/h6,8H,3-5,7,9H2,1-2H3,(H,12,13,14). The van der Waals surface area contributed by atoms with Gasteiger partial charge in [0.05, 0.1) is 6.61 Å². The van der Waals surface area contributed by atoms with E-state index in [9.17, 15) is 0 Å². The third-order valence-corrected chi connectivity index (χ3v) is 1.98. The van der Waals surface area contributed by atoms with E-state index in [1.165, 1.54) is 0 Å². The molecule has 0 unspecified atom stereocenters. The summed E-state index contributed by atoms with van der Waals surface area (Å²) in [4.78, 5) is 8.31. The Labute approximate surface area is 96.2 Å². The van der Waals surface area contributed by atoms with Gasteiger partial charge < -0.3 is 14.8 Å². The van der Waals surface area contributed by atoms with E-state index in [1.54, 1.807) is 19.4 Å². The Kier molecular flexibility index (Phi) is 6.25. The zero-order valence-corrected chi connectivity index (χ0v) is 9.90. The van der Waals surface area contributed by atoms with Gasteiger partial charge in [-0.1, -0.05) is 0 Å². The topological polar surface area (TPSA) is 56.3 Å². The summed E-state index contributed by atoms with van der Waals surface area (Å²) in [6.07, 6.45) is 3.76. The van der Waals surface area contributed by atoms with Crippen LogP contribution >= 0.6 is 0 Å². The summed E-state index contributed by atoms with van der Waals surface area (Å²) < 4.78 is 10.2. The Morgan fingerprint density at radius 1 is 1.38 bits per heavy atom. The van der Waals surface area contributed by atoms with Crippen molar-refractivity contribution in [2.24, 2.45) is 0 Å². The first-order valence-corrected chi connectivity index (χ1v) is 5.55. The number of aromatic nitrogens is 2. The quantitative estimate of drug-likeness (QED) is 0.683. The predicted octanol–water partition coefficient (Wildman–Crippen LogP) is 1.71. The van der Waals surface area contributed by atoms with Crippen molar-refractivity contribution in [2.75, 3.05) is 32.2 Å². The number of ether oxygens (including phenoxy) is 2. The van der Waals surface area contributed by atoms with Crippen LogP contribution in [0.25, 0.3) is 0 Å². The molecule has 90 valence electrons. The number of methoxy groups -OCH3 is 1. The molecule has 16 heavy (non-hydrogen) atoms. The maximum Gasteiger partial charge on any atom is 0.225 e. The molecule has 0 aliphatic rings. The van der Waals surface area contributed by atoms with E-state index < -0.39 is 0 Å². The van der Waals surface area contributed by atoms with E-state index in [-0.39, 0.29) is 0 Å². The number of nitrogens with one attached hydrogen (secondary N) is 1. The Morgan fingerprint density at radius 2 is 2.25 bits per heavy atom. The SMILES string of the molecule is CCOc1ccnc(NCCCCOC)n1. The Balaban J connectivity index is 2.27. The van der Waals surface area contributed by atoms with Gasteiger partial charge in [0, 0.05) is 32.5 Å². The number of hydrogen-bond donors (Lipinski definition) is 1. The van der Waals surface area contributed by atoms with Crippen molar-refractivity contribution in [3.8, 4) is 5.88 Å². The number of unbranched alkanes of at least 4 members (excludes halogenated alkanes) is 1. The molecule has 1 rings (SSSR count). The fraction of sp³-hybridized carbons (Fsp3) is 0.636. The van der Waals surface area contributed by atoms with Crippen LogP contribution in [0.3, 0.4) is 0 Å². The first kappa shape index (κ1) is 12.7. The molecule has 5 heteroatoms. The Bertz CT molecular complexity index is 294. The number of rotatable bonds is 8. The maximum absolute atomic E-state index is 5.28. The highest BCUT2D eigenvalue weighted by Crippen LogP contribution is 2.07. The van der Waals surface area contributed by atoms with Crippen molar-refractivity contribution < 1.29 is 9.47 Å². The molecule has 0 aliphatic heterocycles. The summed E-state index contributed by atoms with van der Waals surface area (Å²) >= 11 is 0. The first-order chi connectivity index (χ1) is 7.86. The summed E-state index contributed by atoms with van der Waals surface area (Å²) in [5.74, 6) is 1.22. The van der Waals surface area contributed by atoms with Crippen molar-refractivity contribution in [1.29, 1.82) is 0 Å². The molecule has 1 aromatic rings. The van der Waals surface area contributed by atoms with Gasteiger partial charge in [0.25, 0.3) is 0 Å². The fourth-order valence-corrected chi connectivity index (χ4v) is 1.23. The van der Waals surface area contributed by atoms with Gasteiger partial charge >= 0.3 is 0 Å². The molecule has 0 atom stereocenters. The van der Waals surface area contributed by atoms with Gasteiger partial charge in [-0.2, -0.15) is 4.98 Å². The molecule has 0 saturated heterocycles. The average Bonchev–Trinajstić information content (AvgIpc) is 2.30. The van der Waals surface area contributed by atoms with Crippen LogP contribution in [0.2, 0.25) is 0 Å².